The third-order valence-electron chi connectivity index (χ3n) is 3.93. The van der Waals surface area contributed by atoms with E-state index in [2.05, 4.69) is 27.6 Å². The highest BCUT2D eigenvalue weighted by Gasteiger charge is 2.02. The molecule has 0 bridgehead atoms. The summed E-state index contributed by atoms with van der Waals surface area (Å²) in [5, 5.41) is 10.8. The van der Waals surface area contributed by atoms with Gasteiger partial charge in [0.2, 0.25) is 0 Å². The summed E-state index contributed by atoms with van der Waals surface area (Å²) in [5.74, 6) is 0.627. The monoisotopic (exact) mass is 360 g/mol. The van der Waals surface area contributed by atoms with E-state index < -0.39 is 0 Å². The number of anilines is 1. The number of hydrogen-bond donors (Lipinski definition) is 2. The fourth-order valence-corrected chi connectivity index (χ4v) is 2.56. The van der Waals surface area contributed by atoms with Crippen molar-refractivity contribution >= 4 is 11.6 Å². The molecule has 0 amide bonds. The van der Waals surface area contributed by atoms with Gasteiger partial charge in [-0.15, -0.1) is 0 Å². The van der Waals surface area contributed by atoms with Gasteiger partial charge in [0.05, 0.1) is 0 Å². The van der Waals surface area contributed by atoms with Gasteiger partial charge < -0.3 is 15.5 Å². The Hall–Kier alpha value is -2.57. The van der Waals surface area contributed by atoms with Crippen LogP contribution in [-0.4, -0.2) is 49.0 Å². The Kier molecular flexibility index (Phi) is 8.45. The Bertz CT molecular complexity index is 656. The topological polar surface area (TPSA) is 57.5 Å². The van der Waals surface area contributed by atoms with Crippen LogP contribution in [0.2, 0.25) is 0 Å². The van der Waals surface area contributed by atoms with E-state index in [0.29, 0.717) is 6.54 Å². The number of benzene rings is 1. The molecule has 0 aliphatic heterocycles. The Morgan fingerprint density at radius 1 is 1.27 bits per heavy atom. The van der Waals surface area contributed by atoms with Crippen LogP contribution >= 0.6 is 0 Å². The molecule has 7 heteroatoms. The second-order valence-corrected chi connectivity index (χ2v) is 6.07. The van der Waals surface area contributed by atoms with Gasteiger partial charge in [0, 0.05) is 57.9 Å². The van der Waals surface area contributed by atoms with Gasteiger partial charge in [0.15, 0.2) is 5.96 Å². The van der Waals surface area contributed by atoms with E-state index in [1.54, 1.807) is 18.3 Å². The van der Waals surface area contributed by atoms with E-state index in [1.165, 1.54) is 6.07 Å². The highest BCUT2D eigenvalue weighted by atomic mass is 19.1. The van der Waals surface area contributed by atoms with Gasteiger partial charge in [-0.2, -0.15) is 5.10 Å². The predicted octanol–water partition coefficient (Wildman–Crippen LogP) is 2.49. The minimum absolute atomic E-state index is 0.207. The molecule has 0 aliphatic carbocycles. The van der Waals surface area contributed by atoms with Crippen LogP contribution in [0.25, 0.3) is 0 Å². The van der Waals surface area contributed by atoms with Crippen LogP contribution in [0.4, 0.5) is 10.1 Å². The number of nitrogens with one attached hydrogen (secondary N) is 2. The molecule has 26 heavy (non-hydrogen) atoms. The first-order valence-electron chi connectivity index (χ1n) is 9.15. The highest BCUT2D eigenvalue weighted by Crippen LogP contribution is 2.13. The van der Waals surface area contributed by atoms with Crippen molar-refractivity contribution in [3.63, 3.8) is 0 Å². The van der Waals surface area contributed by atoms with Crippen molar-refractivity contribution in [1.82, 2.24) is 20.4 Å². The van der Waals surface area contributed by atoms with E-state index in [9.17, 15) is 4.39 Å². The third kappa shape index (κ3) is 7.13. The lowest BCUT2D eigenvalue weighted by atomic mass is 10.2. The van der Waals surface area contributed by atoms with Crippen LogP contribution in [0.5, 0.6) is 0 Å². The Morgan fingerprint density at radius 2 is 2.15 bits per heavy atom. The maximum absolute atomic E-state index is 13.3. The van der Waals surface area contributed by atoms with Crippen LogP contribution in [0.15, 0.2) is 47.7 Å². The van der Waals surface area contributed by atoms with E-state index >= 15 is 0 Å². The molecule has 0 spiro atoms. The lowest BCUT2D eigenvalue weighted by molar-refractivity contribution is 0.570. The van der Waals surface area contributed by atoms with Crippen molar-refractivity contribution in [2.24, 2.45) is 4.99 Å². The van der Waals surface area contributed by atoms with E-state index in [1.807, 2.05) is 35.0 Å². The minimum Gasteiger partial charge on any atom is -0.374 e. The molecule has 1 heterocycles. The molecule has 0 unspecified atom stereocenters. The van der Waals surface area contributed by atoms with Gasteiger partial charge in [-0.3, -0.25) is 9.67 Å². The molecule has 0 radical (unpaired) electrons. The summed E-state index contributed by atoms with van der Waals surface area (Å²) in [6, 6.07) is 8.59. The lowest BCUT2D eigenvalue weighted by Crippen LogP contribution is -2.38. The fraction of sp³-hybridized carbons (Fsp3) is 0.474. The van der Waals surface area contributed by atoms with Gasteiger partial charge in [-0.05, 0) is 44.0 Å². The summed E-state index contributed by atoms with van der Waals surface area (Å²) in [5.41, 5.74) is 0.887. The van der Waals surface area contributed by atoms with Gasteiger partial charge in [0.1, 0.15) is 5.82 Å². The number of aliphatic imine (C=N–C) groups is 1. The molecule has 1 aromatic heterocycles. The number of nitrogens with zero attached hydrogens (tertiary/aromatic N) is 4. The van der Waals surface area contributed by atoms with Crippen LogP contribution in [0.3, 0.4) is 0 Å². The molecule has 2 aromatic rings. The lowest BCUT2D eigenvalue weighted by Gasteiger charge is -2.19. The first-order chi connectivity index (χ1) is 12.7. The zero-order valence-electron chi connectivity index (χ0n) is 15.7. The zero-order chi connectivity index (χ0) is 18.6. The number of rotatable bonds is 10. The van der Waals surface area contributed by atoms with Crippen LogP contribution in [0, 0.1) is 5.82 Å². The van der Waals surface area contributed by atoms with Crippen molar-refractivity contribution in [2.45, 2.75) is 26.3 Å². The molecule has 2 rings (SSSR count). The standard InChI is InChI=1S/C19H29FN6/c1-3-21-19(23-11-6-14-26-15-7-12-24-26)22-10-5-13-25(2)18-9-4-8-17(20)16-18/h4,7-9,12,15-16H,3,5-6,10-11,13-14H2,1-2H3,(H2,21,22,23). The smallest absolute Gasteiger partial charge is 0.191 e. The van der Waals surface area contributed by atoms with Crippen molar-refractivity contribution in [3.8, 4) is 0 Å². The van der Waals surface area contributed by atoms with Gasteiger partial charge in [0.25, 0.3) is 0 Å². The predicted molar refractivity (Wildman–Crippen MR) is 105 cm³/mol. The average Bonchev–Trinajstić information content (AvgIpc) is 3.15. The van der Waals surface area contributed by atoms with E-state index in [-0.39, 0.29) is 5.82 Å². The molecule has 2 N–H and O–H groups in total. The maximum Gasteiger partial charge on any atom is 0.191 e. The van der Waals surface area contributed by atoms with Crippen molar-refractivity contribution in [2.75, 3.05) is 38.1 Å². The quantitative estimate of drug-likeness (QED) is 0.388. The molecule has 0 saturated carbocycles. The van der Waals surface area contributed by atoms with Crippen LogP contribution in [0.1, 0.15) is 19.8 Å². The molecular formula is C19H29FN6. The largest absolute Gasteiger partial charge is 0.374 e. The summed E-state index contributed by atoms with van der Waals surface area (Å²) in [4.78, 5) is 6.65. The third-order valence-corrected chi connectivity index (χ3v) is 3.93. The first kappa shape index (κ1) is 19.8. The molecule has 0 atom stereocenters. The number of aromatic nitrogens is 2. The summed E-state index contributed by atoms with van der Waals surface area (Å²) >= 11 is 0. The Labute approximate surface area is 155 Å². The van der Waals surface area contributed by atoms with Crippen molar-refractivity contribution < 1.29 is 4.39 Å². The molecular weight excluding hydrogens is 331 g/mol. The summed E-state index contributed by atoms with van der Waals surface area (Å²) in [7, 11) is 1.97. The highest BCUT2D eigenvalue weighted by molar-refractivity contribution is 5.79. The van der Waals surface area contributed by atoms with Gasteiger partial charge >= 0.3 is 0 Å². The second kappa shape index (κ2) is 11.1. The van der Waals surface area contributed by atoms with E-state index in [0.717, 1.165) is 50.7 Å². The van der Waals surface area contributed by atoms with Crippen LogP contribution in [-0.2, 0) is 6.54 Å². The molecule has 0 saturated heterocycles. The SMILES string of the molecule is CCNC(=NCCCN(C)c1cccc(F)c1)NCCCn1cccn1. The zero-order valence-corrected chi connectivity index (χ0v) is 15.7. The Balaban J connectivity index is 1.68. The van der Waals surface area contributed by atoms with Crippen molar-refractivity contribution in [3.05, 3.63) is 48.5 Å². The summed E-state index contributed by atoms with van der Waals surface area (Å²) in [6.07, 6.45) is 5.64. The van der Waals surface area contributed by atoms with Crippen molar-refractivity contribution in [1.29, 1.82) is 0 Å². The molecule has 0 fully saturated rings. The van der Waals surface area contributed by atoms with Crippen LogP contribution < -0.4 is 15.5 Å². The molecule has 6 nitrogen and oxygen atoms in total. The number of guanidine groups is 1. The normalized spacial score (nSPS) is 11.4. The fourth-order valence-electron chi connectivity index (χ4n) is 2.56. The maximum atomic E-state index is 13.3. The van der Waals surface area contributed by atoms with E-state index in [4.69, 9.17) is 0 Å². The number of halogens is 1. The molecule has 142 valence electrons. The Morgan fingerprint density at radius 3 is 2.88 bits per heavy atom. The average molecular weight is 360 g/mol. The van der Waals surface area contributed by atoms with Gasteiger partial charge in [-0.1, -0.05) is 6.07 Å². The number of aryl methyl sites for hydroxylation is 1. The molecule has 0 aliphatic rings. The molecule has 1 aromatic carbocycles. The number of hydrogen-bond acceptors (Lipinski definition) is 3. The summed E-state index contributed by atoms with van der Waals surface area (Å²) < 4.78 is 15.2. The summed E-state index contributed by atoms with van der Waals surface area (Å²) in [6.45, 7) is 6.15. The first-order valence-corrected chi connectivity index (χ1v) is 9.15. The minimum atomic E-state index is -0.207. The van der Waals surface area contributed by atoms with Gasteiger partial charge in [-0.25, -0.2) is 4.39 Å². The second-order valence-electron chi connectivity index (χ2n) is 6.07.